The number of rotatable bonds is 7. The van der Waals surface area contributed by atoms with E-state index in [0.29, 0.717) is 5.41 Å². The van der Waals surface area contributed by atoms with Crippen LogP contribution >= 0.6 is 11.3 Å². The lowest BCUT2D eigenvalue weighted by molar-refractivity contribution is -0.00688. The summed E-state index contributed by atoms with van der Waals surface area (Å²) in [5.41, 5.74) is 1.87. The molecule has 0 saturated heterocycles. The fraction of sp³-hybridized carbons (Fsp3) is 0.842. The van der Waals surface area contributed by atoms with Gasteiger partial charge in [0.1, 0.15) is 0 Å². The third kappa shape index (κ3) is 3.05. The van der Waals surface area contributed by atoms with Crippen molar-refractivity contribution in [3.63, 3.8) is 0 Å². The van der Waals surface area contributed by atoms with E-state index in [4.69, 9.17) is 4.98 Å². The highest BCUT2D eigenvalue weighted by molar-refractivity contribution is 7.13. The van der Waals surface area contributed by atoms with E-state index in [9.17, 15) is 0 Å². The maximum atomic E-state index is 5.04. The Morgan fingerprint density at radius 1 is 1.13 bits per heavy atom. The molecule has 4 heteroatoms. The van der Waals surface area contributed by atoms with E-state index in [1.165, 1.54) is 44.2 Å². The molecule has 0 aromatic carbocycles. The average Bonchev–Trinajstić information content (AvgIpc) is 3.00. The van der Waals surface area contributed by atoms with Gasteiger partial charge in [-0.3, -0.25) is 0 Å². The van der Waals surface area contributed by atoms with Gasteiger partial charge in [-0.1, -0.05) is 13.8 Å². The first-order valence-corrected chi connectivity index (χ1v) is 10.5. The van der Waals surface area contributed by atoms with Gasteiger partial charge in [-0.05, 0) is 69.4 Å². The minimum atomic E-state index is 0.448. The Balaban J connectivity index is 1.40. The number of hydrogen-bond acceptors (Lipinski definition) is 4. The van der Waals surface area contributed by atoms with Crippen LogP contribution in [0.3, 0.4) is 0 Å². The Labute approximate surface area is 144 Å². The predicted molar refractivity (Wildman–Crippen MR) is 98.2 cm³/mol. The van der Waals surface area contributed by atoms with Crippen LogP contribution in [0, 0.1) is 17.8 Å². The molecule has 1 aromatic heterocycles. The smallest absolute Gasteiger partial charge is 0.182 e. The summed E-state index contributed by atoms with van der Waals surface area (Å²) < 4.78 is 0. The summed E-state index contributed by atoms with van der Waals surface area (Å²) in [4.78, 5) is 7.50. The van der Waals surface area contributed by atoms with Crippen molar-refractivity contribution in [2.75, 3.05) is 31.5 Å². The molecule has 4 saturated carbocycles. The summed E-state index contributed by atoms with van der Waals surface area (Å²) in [7, 11) is 0. The van der Waals surface area contributed by atoms with Crippen LogP contribution in [0.15, 0.2) is 5.38 Å². The minimum Gasteiger partial charge on any atom is -0.360 e. The van der Waals surface area contributed by atoms with E-state index in [-0.39, 0.29) is 0 Å². The molecular formula is C19H31N3S. The number of hydrogen-bond donors (Lipinski definition) is 1. The molecule has 0 amide bonds. The first-order valence-electron chi connectivity index (χ1n) is 9.63. The molecule has 128 valence electrons. The minimum absolute atomic E-state index is 0.448. The van der Waals surface area contributed by atoms with E-state index >= 15 is 0 Å². The van der Waals surface area contributed by atoms with Crippen molar-refractivity contribution in [2.45, 2.75) is 57.8 Å². The first kappa shape index (κ1) is 15.9. The quantitative estimate of drug-likeness (QED) is 0.803. The monoisotopic (exact) mass is 333 g/mol. The zero-order valence-corrected chi connectivity index (χ0v) is 15.5. The summed E-state index contributed by atoms with van der Waals surface area (Å²) in [6.45, 7) is 8.86. The molecule has 4 fully saturated rings. The Morgan fingerprint density at radius 3 is 2.30 bits per heavy atom. The third-order valence-electron chi connectivity index (χ3n) is 6.68. The average molecular weight is 334 g/mol. The van der Waals surface area contributed by atoms with Gasteiger partial charge in [0.2, 0.25) is 0 Å². The molecule has 0 unspecified atom stereocenters. The molecule has 1 aromatic rings. The standard InChI is InChI=1S/C19H31N3S/c1-3-22(4-2)6-5-20-18-21-17(13-23-18)19-10-14-7-15(11-19)9-16(8-14)12-19/h13-16H,3-12H2,1-2H3,(H,20,21). The highest BCUT2D eigenvalue weighted by Crippen LogP contribution is 2.60. The van der Waals surface area contributed by atoms with Gasteiger partial charge in [0, 0.05) is 23.9 Å². The van der Waals surface area contributed by atoms with Gasteiger partial charge in [-0.25, -0.2) is 4.98 Å². The fourth-order valence-corrected chi connectivity index (χ4v) is 6.75. The molecule has 0 radical (unpaired) electrons. The molecule has 0 spiro atoms. The Kier molecular flexibility index (Phi) is 4.39. The predicted octanol–water partition coefficient (Wildman–Crippen LogP) is 4.36. The summed E-state index contributed by atoms with van der Waals surface area (Å²) in [6, 6.07) is 0. The van der Waals surface area contributed by atoms with Gasteiger partial charge in [0.05, 0.1) is 5.69 Å². The second kappa shape index (κ2) is 6.36. The molecule has 4 aliphatic rings. The van der Waals surface area contributed by atoms with Crippen LogP contribution in [0.2, 0.25) is 0 Å². The van der Waals surface area contributed by atoms with E-state index in [1.807, 2.05) is 11.3 Å². The van der Waals surface area contributed by atoms with Gasteiger partial charge >= 0.3 is 0 Å². The second-order valence-electron chi connectivity index (χ2n) is 8.19. The number of likely N-dealkylation sites (N-methyl/N-ethyl adjacent to an activating group) is 1. The maximum absolute atomic E-state index is 5.04. The van der Waals surface area contributed by atoms with Crippen LogP contribution < -0.4 is 5.32 Å². The first-order chi connectivity index (χ1) is 11.2. The van der Waals surface area contributed by atoms with E-state index in [0.717, 1.165) is 49.1 Å². The molecule has 0 aliphatic heterocycles. The summed E-state index contributed by atoms with van der Waals surface area (Å²) >= 11 is 1.82. The molecule has 4 bridgehead atoms. The van der Waals surface area contributed by atoms with Crippen LogP contribution in [0.25, 0.3) is 0 Å². The number of thiazole rings is 1. The number of aromatic nitrogens is 1. The molecule has 23 heavy (non-hydrogen) atoms. The summed E-state index contributed by atoms with van der Waals surface area (Å²) in [5, 5.41) is 7.07. The molecule has 3 nitrogen and oxygen atoms in total. The van der Waals surface area contributed by atoms with Crippen LogP contribution in [-0.2, 0) is 5.41 Å². The number of nitrogens with zero attached hydrogens (tertiary/aromatic N) is 2. The van der Waals surface area contributed by atoms with Crippen LogP contribution in [0.5, 0.6) is 0 Å². The van der Waals surface area contributed by atoms with Crippen LogP contribution in [0.4, 0.5) is 5.13 Å². The Hall–Kier alpha value is -0.610. The van der Waals surface area contributed by atoms with E-state index in [1.54, 1.807) is 0 Å². The molecule has 1 heterocycles. The molecule has 4 aliphatic carbocycles. The fourth-order valence-electron chi connectivity index (χ4n) is 5.88. The number of anilines is 1. The highest BCUT2D eigenvalue weighted by atomic mass is 32.1. The van der Waals surface area contributed by atoms with Crippen LogP contribution in [-0.4, -0.2) is 36.1 Å². The lowest BCUT2D eigenvalue weighted by atomic mass is 9.49. The molecular weight excluding hydrogens is 302 g/mol. The van der Waals surface area contributed by atoms with Crippen LogP contribution in [0.1, 0.15) is 58.1 Å². The summed E-state index contributed by atoms with van der Waals surface area (Å²) in [5.74, 6) is 3.01. The largest absolute Gasteiger partial charge is 0.360 e. The van der Waals surface area contributed by atoms with Crippen molar-refractivity contribution < 1.29 is 0 Å². The van der Waals surface area contributed by atoms with Gasteiger partial charge in [-0.15, -0.1) is 11.3 Å². The van der Waals surface area contributed by atoms with E-state index in [2.05, 4.69) is 29.4 Å². The van der Waals surface area contributed by atoms with Crippen molar-refractivity contribution >= 4 is 16.5 Å². The maximum Gasteiger partial charge on any atom is 0.182 e. The molecule has 0 atom stereocenters. The van der Waals surface area contributed by atoms with Gasteiger partial charge in [-0.2, -0.15) is 0 Å². The molecule has 5 rings (SSSR count). The zero-order chi connectivity index (χ0) is 15.9. The van der Waals surface area contributed by atoms with Crippen molar-refractivity contribution in [2.24, 2.45) is 17.8 Å². The van der Waals surface area contributed by atoms with Crippen molar-refractivity contribution in [3.05, 3.63) is 11.1 Å². The third-order valence-corrected chi connectivity index (χ3v) is 7.48. The SMILES string of the molecule is CCN(CC)CCNc1nc(C23CC4CC(CC(C4)C2)C3)cs1. The van der Waals surface area contributed by atoms with Crippen molar-refractivity contribution in [3.8, 4) is 0 Å². The van der Waals surface area contributed by atoms with Gasteiger partial charge in [0.25, 0.3) is 0 Å². The van der Waals surface area contributed by atoms with Crippen molar-refractivity contribution in [1.29, 1.82) is 0 Å². The topological polar surface area (TPSA) is 28.2 Å². The lowest BCUT2D eigenvalue weighted by Crippen LogP contribution is -2.48. The van der Waals surface area contributed by atoms with E-state index < -0.39 is 0 Å². The van der Waals surface area contributed by atoms with Crippen molar-refractivity contribution in [1.82, 2.24) is 9.88 Å². The Bertz CT molecular complexity index is 499. The summed E-state index contributed by atoms with van der Waals surface area (Å²) in [6.07, 6.45) is 8.79. The molecule has 1 N–H and O–H groups in total. The number of nitrogens with one attached hydrogen (secondary N) is 1. The lowest BCUT2D eigenvalue weighted by Gasteiger charge is -2.56. The van der Waals surface area contributed by atoms with Gasteiger partial charge in [0.15, 0.2) is 5.13 Å². The zero-order valence-electron chi connectivity index (χ0n) is 14.7. The normalized spacial score (nSPS) is 35.2. The second-order valence-corrected chi connectivity index (χ2v) is 9.05. The Morgan fingerprint density at radius 2 is 1.74 bits per heavy atom. The van der Waals surface area contributed by atoms with Gasteiger partial charge < -0.3 is 10.2 Å². The highest BCUT2D eigenvalue weighted by Gasteiger charge is 2.52.